The molecule has 0 fully saturated rings. The van der Waals surface area contributed by atoms with Crippen LogP contribution in [-0.2, 0) is 20.4 Å². The molecule has 0 aromatic heterocycles. The van der Waals surface area contributed by atoms with Gasteiger partial charge >= 0.3 is 0 Å². The van der Waals surface area contributed by atoms with Gasteiger partial charge in [0.05, 0.1) is 0 Å². The number of carbonyl (C=O) groups is 2. The fraction of sp³-hybridized carbons (Fsp3) is 0.500. The zero-order valence-electron chi connectivity index (χ0n) is 13.0. The Kier molecular flexibility index (Phi) is 4.27. The van der Waals surface area contributed by atoms with E-state index in [-0.39, 0.29) is 22.9 Å². The van der Waals surface area contributed by atoms with Crippen LogP contribution in [0.25, 0.3) is 0 Å². The predicted molar refractivity (Wildman–Crippen MR) is 80.2 cm³/mol. The standard InChI is InChI=1S/C16H23NO3/c1-15(2,3)11-7-10(17-13(19)9-18)8-12(14(11)20)16(4,5)6/h7-9,20H,1-6H3,(H,17,19). The quantitative estimate of drug-likeness (QED) is 0.496. The van der Waals surface area contributed by atoms with E-state index in [0.717, 1.165) is 11.1 Å². The van der Waals surface area contributed by atoms with Crippen molar-refractivity contribution in [2.75, 3.05) is 5.32 Å². The van der Waals surface area contributed by atoms with E-state index in [9.17, 15) is 14.7 Å². The van der Waals surface area contributed by atoms with E-state index in [1.54, 1.807) is 12.1 Å². The van der Waals surface area contributed by atoms with Gasteiger partial charge in [-0.05, 0) is 23.0 Å². The van der Waals surface area contributed by atoms with Crippen molar-refractivity contribution in [3.8, 4) is 5.75 Å². The lowest BCUT2D eigenvalue weighted by Gasteiger charge is -2.28. The number of hydrogen-bond donors (Lipinski definition) is 2. The van der Waals surface area contributed by atoms with Gasteiger partial charge in [-0.2, -0.15) is 0 Å². The van der Waals surface area contributed by atoms with E-state index in [1.807, 2.05) is 41.5 Å². The first-order valence-corrected chi connectivity index (χ1v) is 6.61. The van der Waals surface area contributed by atoms with Crippen molar-refractivity contribution in [2.45, 2.75) is 52.4 Å². The van der Waals surface area contributed by atoms with Crippen LogP contribution in [-0.4, -0.2) is 17.3 Å². The second-order valence-corrected chi connectivity index (χ2v) is 7.03. The van der Waals surface area contributed by atoms with Gasteiger partial charge in [0.1, 0.15) is 5.75 Å². The number of rotatable bonds is 2. The van der Waals surface area contributed by atoms with Crippen LogP contribution in [0.4, 0.5) is 5.69 Å². The molecule has 0 saturated carbocycles. The molecule has 0 aliphatic heterocycles. The highest BCUT2D eigenvalue weighted by Crippen LogP contribution is 2.40. The summed E-state index contributed by atoms with van der Waals surface area (Å²) in [6.07, 6.45) is 0.236. The molecule has 0 aliphatic carbocycles. The third-order valence-electron chi connectivity index (χ3n) is 3.10. The van der Waals surface area contributed by atoms with Crippen molar-refractivity contribution in [2.24, 2.45) is 0 Å². The molecule has 4 nitrogen and oxygen atoms in total. The summed E-state index contributed by atoms with van der Waals surface area (Å²) in [6.45, 7) is 11.9. The maximum absolute atomic E-state index is 11.2. The summed E-state index contributed by atoms with van der Waals surface area (Å²) in [5.74, 6) is -0.454. The van der Waals surface area contributed by atoms with Crippen LogP contribution in [0, 0.1) is 0 Å². The maximum atomic E-state index is 11.2. The summed E-state index contributed by atoms with van der Waals surface area (Å²) in [4.78, 5) is 21.7. The lowest BCUT2D eigenvalue weighted by Crippen LogP contribution is -2.19. The van der Waals surface area contributed by atoms with E-state index in [4.69, 9.17) is 0 Å². The van der Waals surface area contributed by atoms with Crippen LogP contribution in [0.1, 0.15) is 52.7 Å². The Morgan fingerprint density at radius 2 is 1.45 bits per heavy atom. The highest BCUT2D eigenvalue weighted by atomic mass is 16.3. The smallest absolute Gasteiger partial charge is 0.288 e. The molecule has 0 heterocycles. The molecule has 2 N–H and O–H groups in total. The van der Waals surface area contributed by atoms with Gasteiger partial charge in [-0.1, -0.05) is 41.5 Å². The first kappa shape index (κ1) is 16.2. The Labute approximate surface area is 120 Å². The number of carbonyl (C=O) groups excluding carboxylic acids is 2. The van der Waals surface area contributed by atoms with E-state index < -0.39 is 5.91 Å². The molecule has 4 heteroatoms. The van der Waals surface area contributed by atoms with Crippen LogP contribution in [0.3, 0.4) is 0 Å². The minimum atomic E-state index is -0.699. The Morgan fingerprint density at radius 1 is 1.05 bits per heavy atom. The molecule has 0 unspecified atom stereocenters. The molecule has 0 saturated heterocycles. The molecule has 1 rings (SSSR count). The number of phenolic OH excluding ortho intramolecular Hbond substituents is 1. The summed E-state index contributed by atoms with van der Waals surface area (Å²) in [5, 5.41) is 13.0. The second-order valence-electron chi connectivity index (χ2n) is 7.03. The SMILES string of the molecule is CC(C)(C)c1cc(NC(=O)C=O)cc(C(C)(C)C)c1O. The van der Waals surface area contributed by atoms with E-state index in [2.05, 4.69) is 5.32 Å². The van der Waals surface area contributed by atoms with Gasteiger partial charge < -0.3 is 10.4 Å². The minimum absolute atomic E-state index is 0.236. The average molecular weight is 277 g/mol. The monoisotopic (exact) mass is 277 g/mol. The van der Waals surface area contributed by atoms with Gasteiger partial charge in [0.25, 0.3) is 5.91 Å². The molecule has 0 radical (unpaired) electrons. The predicted octanol–water partition coefficient (Wildman–Crippen LogP) is 3.12. The Morgan fingerprint density at radius 3 is 1.75 bits per heavy atom. The van der Waals surface area contributed by atoms with Crippen LogP contribution in [0.2, 0.25) is 0 Å². The summed E-state index contributed by atoms with van der Waals surface area (Å²) >= 11 is 0. The van der Waals surface area contributed by atoms with E-state index in [1.165, 1.54) is 0 Å². The van der Waals surface area contributed by atoms with Gasteiger partial charge in [0.2, 0.25) is 6.29 Å². The van der Waals surface area contributed by atoms with Gasteiger partial charge in [0.15, 0.2) is 0 Å². The number of nitrogens with one attached hydrogen (secondary N) is 1. The van der Waals surface area contributed by atoms with Gasteiger partial charge in [-0.25, -0.2) is 0 Å². The lowest BCUT2D eigenvalue weighted by atomic mass is 9.79. The van der Waals surface area contributed by atoms with Crippen molar-refractivity contribution < 1.29 is 14.7 Å². The number of phenols is 1. The number of hydrogen-bond acceptors (Lipinski definition) is 3. The molecule has 0 aliphatic rings. The first-order valence-electron chi connectivity index (χ1n) is 6.61. The zero-order valence-corrected chi connectivity index (χ0v) is 13.0. The normalized spacial score (nSPS) is 12.1. The molecule has 0 atom stereocenters. The largest absolute Gasteiger partial charge is 0.507 e. The fourth-order valence-electron chi connectivity index (χ4n) is 2.02. The van der Waals surface area contributed by atoms with Crippen molar-refractivity contribution in [3.05, 3.63) is 23.3 Å². The highest BCUT2D eigenvalue weighted by molar-refractivity contribution is 6.29. The van der Waals surface area contributed by atoms with Crippen LogP contribution in [0.5, 0.6) is 5.75 Å². The molecule has 0 bridgehead atoms. The van der Waals surface area contributed by atoms with Crippen LogP contribution < -0.4 is 5.32 Å². The summed E-state index contributed by atoms with van der Waals surface area (Å²) < 4.78 is 0. The second kappa shape index (κ2) is 5.27. The van der Waals surface area contributed by atoms with E-state index in [0.29, 0.717) is 5.69 Å². The van der Waals surface area contributed by atoms with Gasteiger partial charge in [-0.3, -0.25) is 9.59 Å². The molecular weight excluding hydrogens is 254 g/mol. The van der Waals surface area contributed by atoms with Crippen molar-refractivity contribution in [3.63, 3.8) is 0 Å². The number of aromatic hydroxyl groups is 1. The topological polar surface area (TPSA) is 66.4 Å². The fourth-order valence-corrected chi connectivity index (χ4v) is 2.02. The average Bonchev–Trinajstić information content (AvgIpc) is 2.28. The molecule has 1 aromatic rings. The van der Waals surface area contributed by atoms with Crippen LogP contribution in [0.15, 0.2) is 12.1 Å². The molecule has 0 spiro atoms. The minimum Gasteiger partial charge on any atom is -0.507 e. The van der Waals surface area contributed by atoms with Crippen molar-refractivity contribution in [1.29, 1.82) is 0 Å². The first-order chi connectivity index (χ1) is 8.96. The summed E-state index contributed by atoms with van der Waals surface area (Å²) in [6, 6.07) is 3.43. The maximum Gasteiger partial charge on any atom is 0.288 e. The Bertz CT molecular complexity index is 499. The summed E-state index contributed by atoms with van der Waals surface area (Å²) in [7, 11) is 0. The zero-order chi connectivity index (χ0) is 15.7. The Hall–Kier alpha value is -1.84. The lowest BCUT2D eigenvalue weighted by molar-refractivity contribution is -0.127. The molecule has 1 aromatic carbocycles. The number of aldehydes is 1. The van der Waals surface area contributed by atoms with E-state index >= 15 is 0 Å². The highest BCUT2D eigenvalue weighted by Gasteiger charge is 2.26. The molecule has 20 heavy (non-hydrogen) atoms. The molecular formula is C16H23NO3. The van der Waals surface area contributed by atoms with Crippen LogP contribution >= 0.6 is 0 Å². The number of benzene rings is 1. The van der Waals surface area contributed by atoms with Gasteiger partial charge in [0, 0.05) is 16.8 Å². The van der Waals surface area contributed by atoms with Crippen molar-refractivity contribution >= 4 is 17.9 Å². The van der Waals surface area contributed by atoms with Crippen molar-refractivity contribution in [1.82, 2.24) is 0 Å². The molecule has 110 valence electrons. The summed E-state index contributed by atoms with van der Waals surface area (Å²) in [5.41, 5.74) is 1.46. The third kappa shape index (κ3) is 3.59. The number of anilines is 1. The number of amides is 1. The molecule has 1 amide bonds. The van der Waals surface area contributed by atoms with Gasteiger partial charge in [-0.15, -0.1) is 0 Å². The third-order valence-corrected chi connectivity index (χ3v) is 3.10. The Balaban J connectivity index is 3.50.